The summed E-state index contributed by atoms with van der Waals surface area (Å²) in [5, 5.41) is 3.31. The lowest BCUT2D eigenvalue weighted by atomic mass is 10.1. The molecular formula is C22H21ClN2O2. The quantitative estimate of drug-likeness (QED) is 0.711. The minimum Gasteiger partial charge on any atom is -0.322 e. The molecule has 3 aromatic rings. The fourth-order valence-corrected chi connectivity index (χ4v) is 3.04. The first-order valence-corrected chi connectivity index (χ1v) is 9.06. The SMILES string of the molecule is Cc1ccc(C)c(Cn2cccc(C(=O)Nc3ccc(C)c(Cl)c3)c2=O)c1. The van der Waals surface area contributed by atoms with E-state index in [1.54, 1.807) is 29.0 Å². The number of rotatable bonds is 4. The molecule has 27 heavy (non-hydrogen) atoms. The molecule has 0 aliphatic heterocycles. The fraction of sp³-hybridized carbons (Fsp3) is 0.182. The summed E-state index contributed by atoms with van der Waals surface area (Å²) in [4.78, 5) is 25.4. The van der Waals surface area contributed by atoms with Crippen molar-refractivity contribution < 1.29 is 4.79 Å². The monoisotopic (exact) mass is 380 g/mol. The van der Waals surface area contributed by atoms with Crippen LogP contribution in [0, 0.1) is 20.8 Å². The number of nitrogens with one attached hydrogen (secondary N) is 1. The second-order valence-corrected chi connectivity index (χ2v) is 7.11. The maximum atomic E-state index is 12.8. The van der Waals surface area contributed by atoms with Gasteiger partial charge in [-0.1, -0.05) is 41.4 Å². The van der Waals surface area contributed by atoms with E-state index >= 15 is 0 Å². The van der Waals surface area contributed by atoms with Gasteiger partial charge in [-0.25, -0.2) is 0 Å². The first kappa shape index (κ1) is 18.9. The number of hydrogen-bond donors (Lipinski definition) is 1. The van der Waals surface area contributed by atoms with Crippen molar-refractivity contribution >= 4 is 23.2 Å². The number of halogens is 1. The first-order chi connectivity index (χ1) is 12.8. The van der Waals surface area contributed by atoms with E-state index < -0.39 is 5.91 Å². The highest BCUT2D eigenvalue weighted by atomic mass is 35.5. The van der Waals surface area contributed by atoms with Gasteiger partial charge in [-0.05, 0) is 61.7 Å². The minimum atomic E-state index is -0.449. The number of aromatic nitrogens is 1. The van der Waals surface area contributed by atoms with Crippen LogP contribution in [0.3, 0.4) is 0 Å². The summed E-state index contributed by atoms with van der Waals surface area (Å²) in [5.74, 6) is -0.449. The molecule has 0 fully saturated rings. The van der Waals surface area contributed by atoms with Crippen molar-refractivity contribution in [1.29, 1.82) is 0 Å². The van der Waals surface area contributed by atoms with E-state index in [1.165, 1.54) is 6.07 Å². The van der Waals surface area contributed by atoms with Crippen LogP contribution in [-0.4, -0.2) is 10.5 Å². The predicted octanol–water partition coefficient (Wildman–Crippen LogP) is 4.73. The number of pyridine rings is 1. The highest BCUT2D eigenvalue weighted by Crippen LogP contribution is 2.20. The fourth-order valence-electron chi connectivity index (χ4n) is 2.86. The van der Waals surface area contributed by atoms with Crippen LogP contribution in [-0.2, 0) is 6.54 Å². The van der Waals surface area contributed by atoms with Gasteiger partial charge < -0.3 is 9.88 Å². The molecule has 138 valence electrons. The van der Waals surface area contributed by atoms with E-state index in [0.717, 1.165) is 22.3 Å². The van der Waals surface area contributed by atoms with Crippen molar-refractivity contribution in [3.8, 4) is 0 Å². The van der Waals surface area contributed by atoms with Crippen molar-refractivity contribution in [2.24, 2.45) is 0 Å². The Kier molecular flexibility index (Phi) is 5.47. The number of carbonyl (C=O) groups excluding carboxylic acids is 1. The third kappa shape index (κ3) is 4.29. The molecule has 2 aromatic carbocycles. The Morgan fingerprint density at radius 1 is 1.04 bits per heavy atom. The third-order valence-corrected chi connectivity index (χ3v) is 4.95. The van der Waals surface area contributed by atoms with Crippen molar-refractivity contribution in [2.45, 2.75) is 27.3 Å². The summed E-state index contributed by atoms with van der Waals surface area (Å²) in [7, 11) is 0. The molecule has 5 heteroatoms. The van der Waals surface area contributed by atoms with Gasteiger partial charge >= 0.3 is 0 Å². The first-order valence-electron chi connectivity index (χ1n) is 8.68. The summed E-state index contributed by atoms with van der Waals surface area (Å²) >= 11 is 6.10. The van der Waals surface area contributed by atoms with Gasteiger partial charge in [-0.3, -0.25) is 9.59 Å². The molecule has 1 heterocycles. The average molecular weight is 381 g/mol. The van der Waals surface area contributed by atoms with Gasteiger partial charge in [-0.15, -0.1) is 0 Å². The van der Waals surface area contributed by atoms with Gasteiger partial charge in [0.25, 0.3) is 11.5 Å². The van der Waals surface area contributed by atoms with E-state index in [4.69, 9.17) is 11.6 Å². The number of aryl methyl sites for hydroxylation is 3. The minimum absolute atomic E-state index is 0.0968. The van der Waals surface area contributed by atoms with Crippen LogP contribution in [0.25, 0.3) is 0 Å². The summed E-state index contributed by atoms with van der Waals surface area (Å²) in [6, 6.07) is 14.6. The molecule has 0 bridgehead atoms. The molecule has 0 aliphatic rings. The smallest absolute Gasteiger partial charge is 0.263 e. The zero-order valence-corrected chi connectivity index (χ0v) is 16.3. The summed E-state index contributed by atoms with van der Waals surface area (Å²) in [6.45, 7) is 6.33. The van der Waals surface area contributed by atoms with Crippen LogP contribution >= 0.6 is 11.6 Å². The van der Waals surface area contributed by atoms with E-state index in [2.05, 4.69) is 11.4 Å². The Labute approximate surface area is 163 Å². The molecule has 0 unspecified atom stereocenters. The van der Waals surface area contributed by atoms with Gasteiger partial charge in [-0.2, -0.15) is 0 Å². The summed E-state index contributed by atoms with van der Waals surface area (Å²) < 4.78 is 1.55. The maximum Gasteiger partial charge on any atom is 0.263 e. The van der Waals surface area contributed by atoms with E-state index in [1.807, 2.05) is 39.0 Å². The summed E-state index contributed by atoms with van der Waals surface area (Å²) in [6.07, 6.45) is 1.70. The Morgan fingerprint density at radius 3 is 2.52 bits per heavy atom. The second-order valence-electron chi connectivity index (χ2n) is 6.70. The molecule has 0 saturated carbocycles. The molecule has 3 rings (SSSR count). The van der Waals surface area contributed by atoms with Crippen LogP contribution in [0.5, 0.6) is 0 Å². The van der Waals surface area contributed by atoms with Crippen molar-refractivity contribution in [2.75, 3.05) is 5.32 Å². The zero-order valence-electron chi connectivity index (χ0n) is 15.5. The Balaban J connectivity index is 1.87. The maximum absolute atomic E-state index is 12.8. The van der Waals surface area contributed by atoms with Gasteiger partial charge in [0, 0.05) is 16.9 Å². The lowest BCUT2D eigenvalue weighted by Crippen LogP contribution is -2.29. The molecule has 0 radical (unpaired) electrons. The number of carbonyl (C=O) groups is 1. The molecule has 0 aliphatic carbocycles. The molecule has 1 aromatic heterocycles. The van der Waals surface area contributed by atoms with Crippen LogP contribution < -0.4 is 10.9 Å². The van der Waals surface area contributed by atoms with Gasteiger partial charge in [0.2, 0.25) is 0 Å². The topological polar surface area (TPSA) is 51.1 Å². The predicted molar refractivity (Wildman–Crippen MR) is 110 cm³/mol. The molecule has 0 saturated heterocycles. The molecular weight excluding hydrogens is 360 g/mol. The molecule has 0 atom stereocenters. The molecule has 4 nitrogen and oxygen atoms in total. The van der Waals surface area contributed by atoms with Gasteiger partial charge in [0.05, 0.1) is 6.54 Å². The van der Waals surface area contributed by atoms with Crippen molar-refractivity contribution in [1.82, 2.24) is 4.57 Å². The van der Waals surface area contributed by atoms with Gasteiger partial charge in [0.15, 0.2) is 0 Å². The highest BCUT2D eigenvalue weighted by Gasteiger charge is 2.13. The number of benzene rings is 2. The largest absolute Gasteiger partial charge is 0.322 e. The highest BCUT2D eigenvalue weighted by molar-refractivity contribution is 6.31. The van der Waals surface area contributed by atoms with Crippen molar-refractivity contribution in [3.63, 3.8) is 0 Å². The number of amides is 1. The van der Waals surface area contributed by atoms with E-state index in [0.29, 0.717) is 17.3 Å². The number of nitrogens with zero attached hydrogens (tertiary/aromatic N) is 1. The average Bonchev–Trinajstić information content (AvgIpc) is 2.63. The number of anilines is 1. The summed E-state index contributed by atoms with van der Waals surface area (Å²) in [5.41, 5.74) is 4.55. The van der Waals surface area contributed by atoms with E-state index in [-0.39, 0.29) is 11.1 Å². The van der Waals surface area contributed by atoms with Crippen LogP contribution in [0.2, 0.25) is 5.02 Å². The third-order valence-electron chi connectivity index (χ3n) is 4.54. The Hall–Kier alpha value is -2.85. The van der Waals surface area contributed by atoms with Gasteiger partial charge in [0.1, 0.15) is 5.56 Å². The van der Waals surface area contributed by atoms with Crippen LogP contribution in [0.15, 0.2) is 59.5 Å². The van der Waals surface area contributed by atoms with Crippen molar-refractivity contribution in [3.05, 3.63) is 97.9 Å². The Bertz CT molecular complexity index is 1070. The van der Waals surface area contributed by atoms with E-state index in [9.17, 15) is 9.59 Å². The number of hydrogen-bond acceptors (Lipinski definition) is 2. The molecule has 1 N–H and O–H groups in total. The lowest BCUT2D eigenvalue weighted by Gasteiger charge is -2.12. The zero-order chi connectivity index (χ0) is 19.6. The molecule has 0 spiro atoms. The molecule has 1 amide bonds. The Morgan fingerprint density at radius 2 is 1.78 bits per heavy atom. The van der Waals surface area contributed by atoms with Crippen LogP contribution in [0.1, 0.15) is 32.6 Å². The lowest BCUT2D eigenvalue weighted by molar-refractivity contribution is 0.102. The normalized spacial score (nSPS) is 10.7. The standard InChI is InChI=1S/C22H21ClN2O2/c1-14-6-7-15(2)17(11-14)13-25-10-4-5-19(22(25)27)21(26)24-18-9-8-16(3)20(23)12-18/h4-12H,13H2,1-3H3,(H,24,26). The van der Waals surface area contributed by atoms with Crippen LogP contribution in [0.4, 0.5) is 5.69 Å². The second kappa shape index (κ2) is 7.80.